The summed E-state index contributed by atoms with van der Waals surface area (Å²) in [7, 11) is 3.30. The van der Waals surface area contributed by atoms with Crippen molar-refractivity contribution in [3.8, 4) is 16.9 Å². The summed E-state index contributed by atoms with van der Waals surface area (Å²) in [4.78, 5) is 4.36. The van der Waals surface area contributed by atoms with Gasteiger partial charge in [0, 0.05) is 24.4 Å². The average molecular weight is 350 g/mol. The standard InChI is InChI=1S/C18H24ClN3O2/c1-5-12(10-23-3)22-18-17(20)13(6-7-21-18)14-8-11(2)16(24-4)9-15(14)19/h6-9,12H,5,10,20H2,1-4H3,(H,21,22). The molecule has 0 radical (unpaired) electrons. The van der Waals surface area contributed by atoms with Crippen LogP contribution in [0.4, 0.5) is 11.5 Å². The normalized spacial score (nSPS) is 12.0. The maximum Gasteiger partial charge on any atom is 0.150 e. The zero-order valence-corrected chi connectivity index (χ0v) is 15.3. The number of halogens is 1. The first-order chi connectivity index (χ1) is 11.5. The molecule has 130 valence electrons. The van der Waals surface area contributed by atoms with Gasteiger partial charge in [-0.05, 0) is 37.1 Å². The van der Waals surface area contributed by atoms with E-state index >= 15 is 0 Å². The van der Waals surface area contributed by atoms with Gasteiger partial charge >= 0.3 is 0 Å². The van der Waals surface area contributed by atoms with Crippen LogP contribution in [0.5, 0.6) is 5.75 Å². The van der Waals surface area contributed by atoms with Crippen LogP contribution in [0.15, 0.2) is 24.4 Å². The quantitative estimate of drug-likeness (QED) is 0.786. The molecule has 1 heterocycles. The van der Waals surface area contributed by atoms with Crippen LogP contribution < -0.4 is 15.8 Å². The molecular formula is C18H24ClN3O2. The smallest absolute Gasteiger partial charge is 0.150 e. The predicted molar refractivity (Wildman–Crippen MR) is 100.0 cm³/mol. The maximum atomic E-state index is 6.43. The molecule has 0 saturated heterocycles. The van der Waals surface area contributed by atoms with E-state index in [2.05, 4.69) is 17.2 Å². The molecule has 1 aromatic heterocycles. The summed E-state index contributed by atoms with van der Waals surface area (Å²) in [6, 6.07) is 5.79. The number of ether oxygens (including phenoxy) is 2. The van der Waals surface area contributed by atoms with Crippen molar-refractivity contribution < 1.29 is 9.47 Å². The van der Waals surface area contributed by atoms with Crippen LogP contribution in [0.25, 0.3) is 11.1 Å². The Morgan fingerprint density at radius 3 is 2.67 bits per heavy atom. The Labute approximate surface area is 148 Å². The molecule has 0 aliphatic carbocycles. The van der Waals surface area contributed by atoms with Crippen LogP contribution in [0.1, 0.15) is 18.9 Å². The Balaban J connectivity index is 2.42. The van der Waals surface area contributed by atoms with E-state index in [0.717, 1.165) is 28.9 Å². The molecule has 1 atom stereocenters. The number of methoxy groups -OCH3 is 2. The largest absolute Gasteiger partial charge is 0.496 e. The Hall–Kier alpha value is -1.98. The summed E-state index contributed by atoms with van der Waals surface area (Å²) in [6.45, 7) is 4.64. The molecule has 1 unspecified atom stereocenters. The molecule has 1 aromatic carbocycles. The second-order valence-electron chi connectivity index (χ2n) is 5.63. The van der Waals surface area contributed by atoms with Gasteiger partial charge in [0.05, 0.1) is 30.5 Å². The fraction of sp³-hybridized carbons (Fsp3) is 0.389. The van der Waals surface area contributed by atoms with Crippen molar-refractivity contribution in [2.24, 2.45) is 0 Å². The minimum absolute atomic E-state index is 0.146. The molecule has 0 bridgehead atoms. The van der Waals surface area contributed by atoms with Crippen molar-refractivity contribution in [2.45, 2.75) is 26.3 Å². The number of rotatable bonds is 7. The van der Waals surface area contributed by atoms with Gasteiger partial charge in [0.25, 0.3) is 0 Å². The van der Waals surface area contributed by atoms with Gasteiger partial charge < -0.3 is 20.5 Å². The number of hydrogen-bond acceptors (Lipinski definition) is 5. The van der Waals surface area contributed by atoms with Gasteiger partial charge in [0.2, 0.25) is 0 Å². The molecule has 6 heteroatoms. The lowest BCUT2D eigenvalue weighted by atomic mass is 10.0. The van der Waals surface area contributed by atoms with E-state index in [9.17, 15) is 0 Å². The van der Waals surface area contributed by atoms with Gasteiger partial charge in [0.15, 0.2) is 0 Å². The Kier molecular flexibility index (Phi) is 6.29. The minimum Gasteiger partial charge on any atom is -0.496 e. The van der Waals surface area contributed by atoms with E-state index in [1.54, 1.807) is 26.5 Å². The lowest BCUT2D eigenvalue weighted by molar-refractivity contribution is 0.184. The van der Waals surface area contributed by atoms with Gasteiger partial charge in [-0.3, -0.25) is 0 Å². The highest BCUT2D eigenvalue weighted by Crippen LogP contribution is 2.38. The first kappa shape index (κ1) is 18.4. The predicted octanol–water partition coefficient (Wildman–Crippen LogP) is 4.14. The highest BCUT2D eigenvalue weighted by Gasteiger charge is 2.15. The lowest BCUT2D eigenvalue weighted by Crippen LogP contribution is -2.25. The van der Waals surface area contributed by atoms with Crippen LogP contribution in [-0.4, -0.2) is 31.9 Å². The fourth-order valence-electron chi connectivity index (χ4n) is 2.57. The van der Waals surface area contributed by atoms with Gasteiger partial charge in [-0.25, -0.2) is 4.98 Å². The SMILES string of the molecule is CCC(COC)Nc1nccc(-c2cc(C)c(OC)cc2Cl)c1N. The second kappa shape index (κ2) is 8.22. The second-order valence-corrected chi connectivity index (χ2v) is 6.03. The number of benzene rings is 1. The number of nitrogens with two attached hydrogens (primary N) is 1. The summed E-state index contributed by atoms with van der Waals surface area (Å²) in [5.41, 5.74) is 9.61. The fourth-order valence-corrected chi connectivity index (χ4v) is 2.82. The molecule has 24 heavy (non-hydrogen) atoms. The summed E-state index contributed by atoms with van der Waals surface area (Å²) in [5.74, 6) is 1.39. The zero-order valence-electron chi connectivity index (χ0n) is 14.5. The third-order valence-corrected chi connectivity index (χ3v) is 4.28. The molecule has 2 aromatic rings. The number of nitrogens with one attached hydrogen (secondary N) is 1. The summed E-state index contributed by atoms with van der Waals surface area (Å²) >= 11 is 6.43. The minimum atomic E-state index is 0.146. The van der Waals surface area contributed by atoms with E-state index in [1.165, 1.54) is 0 Å². The van der Waals surface area contributed by atoms with Gasteiger partial charge in [-0.1, -0.05) is 18.5 Å². The first-order valence-electron chi connectivity index (χ1n) is 7.86. The van der Waals surface area contributed by atoms with Crippen molar-refractivity contribution in [2.75, 3.05) is 31.9 Å². The van der Waals surface area contributed by atoms with Gasteiger partial charge in [0.1, 0.15) is 11.6 Å². The maximum absolute atomic E-state index is 6.43. The first-order valence-corrected chi connectivity index (χ1v) is 8.24. The highest BCUT2D eigenvalue weighted by molar-refractivity contribution is 6.33. The highest BCUT2D eigenvalue weighted by atomic mass is 35.5. The molecular weight excluding hydrogens is 326 g/mol. The topological polar surface area (TPSA) is 69.4 Å². The number of nitrogens with zero attached hydrogens (tertiary/aromatic N) is 1. The van der Waals surface area contributed by atoms with Crippen molar-refractivity contribution in [1.82, 2.24) is 4.98 Å². The molecule has 0 amide bonds. The average Bonchev–Trinajstić information content (AvgIpc) is 2.58. The van der Waals surface area contributed by atoms with Crippen LogP contribution in [0.2, 0.25) is 5.02 Å². The van der Waals surface area contributed by atoms with E-state index < -0.39 is 0 Å². The Morgan fingerprint density at radius 2 is 2.04 bits per heavy atom. The van der Waals surface area contributed by atoms with Crippen LogP contribution >= 0.6 is 11.6 Å². The number of aromatic nitrogens is 1. The third kappa shape index (κ3) is 3.91. The molecule has 5 nitrogen and oxygen atoms in total. The zero-order chi connectivity index (χ0) is 17.7. The number of anilines is 2. The lowest BCUT2D eigenvalue weighted by Gasteiger charge is -2.19. The Bertz CT molecular complexity index is 707. The van der Waals surface area contributed by atoms with Gasteiger partial charge in [-0.2, -0.15) is 0 Å². The molecule has 0 aliphatic rings. The third-order valence-electron chi connectivity index (χ3n) is 3.97. The molecule has 0 saturated carbocycles. The number of pyridine rings is 1. The van der Waals surface area contributed by atoms with Crippen LogP contribution in [-0.2, 0) is 4.74 Å². The van der Waals surface area contributed by atoms with Crippen LogP contribution in [0.3, 0.4) is 0 Å². The molecule has 0 aliphatic heterocycles. The van der Waals surface area contributed by atoms with E-state index in [4.69, 9.17) is 26.8 Å². The van der Waals surface area contributed by atoms with E-state index in [1.807, 2.05) is 19.1 Å². The van der Waals surface area contributed by atoms with Crippen molar-refractivity contribution in [3.05, 3.63) is 35.0 Å². The van der Waals surface area contributed by atoms with Crippen molar-refractivity contribution in [1.29, 1.82) is 0 Å². The summed E-state index contributed by atoms with van der Waals surface area (Å²) < 4.78 is 10.5. The number of aryl methyl sites for hydroxylation is 1. The molecule has 3 N–H and O–H groups in total. The molecule has 2 rings (SSSR count). The van der Waals surface area contributed by atoms with E-state index in [0.29, 0.717) is 23.1 Å². The summed E-state index contributed by atoms with van der Waals surface area (Å²) in [6.07, 6.45) is 2.63. The number of nitrogen functional groups attached to an aromatic ring is 1. The van der Waals surface area contributed by atoms with Gasteiger partial charge in [-0.15, -0.1) is 0 Å². The Morgan fingerprint density at radius 1 is 1.29 bits per heavy atom. The van der Waals surface area contributed by atoms with Crippen molar-refractivity contribution >= 4 is 23.1 Å². The molecule has 0 spiro atoms. The number of hydrogen-bond donors (Lipinski definition) is 2. The summed E-state index contributed by atoms with van der Waals surface area (Å²) in [5, 5.41) is 3.92. The molecule has 0 fully saturated rings. The van der Waals surface area contributed by atoms with Crippen LogP contribution in [0, 0.1) is 6.92 Å². The van der Waals surface area contributed by atoms with E-state index in [-0.39, 0.29) is 6.04 Å². The monoisotopic (exact) mass is 349 g/mol. The van der Waals surface area contributed by atoms with Crippen molar-refractivity contribution in [3.63, 3.8) is 0 Å².